The molecule has 0 aliphatic rings. The number of hydrogen-bond acceptors (Lipinski definition) is 2. The van der Waals surface area contributed by atoms with Gasteiger partial charge in [-0.2, -0.15) is 0 Å². The molecule has 0 heterocycles. The van der Waals surface area contributed by atoms with Crippen molar-refractivity contribution >= 4 is 32.2 Å². The molecule has 0 bridgehead atoms. The van der Waals surface area contributed by atoms with Crippen LogP contribution in [-0.2, 0) is 9.84 Å². The van der Waals surface area contributed by atoms with Gasteiger partial charge in [0.05, 0.1) is 10.6 Å². The zero-order valence-electron chi connectivity index (χ0n) is 10.7. The van der Waals surface area contributed by atoms with Gasteiger partial charge >= 0.3 is 0 Å². The van der Waals surface area contributed by atoms with Gasteiger partial charge in [-0.3, -0.25) is 0 Å². The zero-order chi connectivity index (χ0) is 13.7. The van der Waals surface area contributed by atoms with Crippen molar-refractivity contribution in [2.24, 2.45) is 0 Å². The molecule has 0 saturated carbocycles. The van der Waals surface area contributed by atoms with Crippen LogP contribution in [0.3, 0.4) is 0 Å². The predicted molar refractivity (Wildman–Crippen MR) is 80.6 cm³/mol. The number of hydrogen-bond donors (Lipinski definition) is 0. The van der Waals surface area contributed by atoms with Crippen LogP contribution >= 0.6 is 11.6 Å². The first kappa shape index (κ1) is 14.4. The van der Waals surface area contributed by atoms with Gasteiger partial charge in [-0.15, -0.1) is 11.6 Å². The number of rotatable bonds is 6. The van der Waals surface area contributed by atoms with Crippen molar-refractivity contribution in [1.29, 1.82) is 0 Å². The lowest BCUT2D eigenvalue weighted by Crippen LogP contribution is -2.06. The average molecular weight is 297 g/mol. The van der Waals surface area contributed by atoms with E-state index < -0.39 is 9.84 Å². The minimum absolute atomic E-state index is 0.197. The van der Waals surface area contributed by atoms with Gasteiger partial charge in [0, 0.05) is 5.88 Å². The molecule has 2 rings (SSSR count). The van der Waals surface area contributed by atoms with Crippen molar-refractivity contribution in [3.8, 4) is 0 Å². The highest BCUT2D eigenvalue weighted by atomic mass is 35.5. The summed E-state index contributed by atoms with van der Waals surface area (Å²) in [6, 6.07) is 13.1. The molecule has 0 N–H and O–H groups in total. The van der Waals surface area contributed by atoms with Crippen molar-refractivity contribution in [1.82, 2.24) is 0 Å². The first-order valence-corrected chi connectivity index (χ1v) is 8.60. The van der Waals surface area contributed by atoms with Crippen molar-refractivity contribution in [3.63, 3.8) is 0 Å². The lowest BCUT2D eigenvalue weighted by atomic mass is 10.1. The Morgan fingerprint density at radius 2 is 1.63 bits per heavy atom. The minimum Gasteiger partial charge on any atom is -0.224 e. The van der Waals surface area contributed by atoms with Gasteiger partial charge in [0.2, 0.25) is 0 Å². The summed E-state index contributed by atoms with van der Waals surface area (Å²) < 4.78 is 24.4. The number of sulfone groups is 1. The Kier molecular flexibility index (Phi) is 4.83. The van der Waals surface area contributed by atoms with Crippen LogP contribution < -0.4 is 0 Å². The molecule has 0 atom stereocenters. The van der Waals surface area contributed by atoms with Gasteiger partial charge in [-0.05, 0) is 35.7 Å². The maximum Gasteiger partial charge on any atom is 0.178 e. The lowest BCUT2D eigenvalue weighted by Gasteiger charge is -2.05. The molecule has 19 heavy (non-hydrogen) atoms. The number of unbranched alkanes of at least 4 members (excludes halogenated alkanes) is 2. The molecule has 0 spiro atoms. The molecular formula is C15H17ClO2S. The normalized spacial score (nSPS) is 11.8. The molecule has 2 aromatic carbocycles. The number of fused-ring (bicyclic) bond motifs is 1. The summed E-state index contributed by atoms with van der Waals surface area (Å²) >= 11 is 5.58. The second-order valence-corrected chi connectivity index (χ2v) is 7.06. The van der Waals surface area contributed by atoms with E-state index >= 15 is 0 Å². The van der Waals surface area contributed by atoms with Crippen LogP contribution in [-0.4, -0.2) is 20.1 Å². The third-order valence-corrected chi connectivity index (χ3v) is 5.19. The highest BCUT2D eigenvalue weighted by Crippen LogP contribution is 2.20. The Balaban J connectivity index is 2.18. The van der Waals surface area contributed by atoms with E-state index in [9.17, 15) is 8.42 Å². The molecule has 0 fully saturated rings. The molecule has 0 saturated heterocycles. The number of alkyl halides is 1. The predicted octanol–water partition coefficient (Wildman–Crippen LogP) is 4.02. The second-order valence-electron chi connectivity index (χ2n) is 4.58. The van der Waals surface area contributed by atoms with E-state index in [4.69, 9.17) is 11.6 Å². The molecule has 0 unspecified atom stereocenters. The minimum atomic E-state index is -3.18. The Hall–Kier alpha value is -1.06. The molecular weight excluding hydrogens is 280 g/mol. The van der Waals surface area contributed by atoms with Crippen LogP contribution in [0.5, 0.6) is 0 Å². The van der Waals surface area contributed by atoms with E-state index in [2.05, 4.69) is 0 Å². The highest BCUT2D eigenvalue weighted by molar-refractivity contribution is 7.91. The van der Waals surface area contributed by atoms with Crippen LogP contribution in [0, 0.1) is 0 Å². The van der Waals surface area contributed by atoms with E-state index in [1.165, 1.54) is 0 Å². The number of benzene rings is 2. The van der Waals surface area contributed by atoms with Crippen molar-refractivity contribution < 1.29 is 8.42 Å². The van der Waals surface area contributed by atoms with Crippen LogP contribution in [0.4, 0.5) is 0 Å². The zero-order valence-corrected chi connectivity index (χ0v) is 12.3. The van der Waals surface area contributed by atoms with E-state index in [-0.39, 0.29) is 5.75 Å². The van der Waals surface area contributed by atoms with Gasteiger partial charge in [-0.1, -0.05) is 36.8 Å². The fourth-order valence-electron chi connectivity index (χ4n) is 2.04. The van der Waals surface area contributed by atoms with Crippen LogP contribution in [0.1, 0.15) is 19.3 Å². The Morgan fingerprint density at radius 1 is 0.895 bits per heavy atom. The smallest absolute Gasteiger partial charge is 0.178 e. The molecule has 4 heteroatoms. The van der Waals surface area contributed by atoms with Gasteiger partial charge in [0.1, 0.15) is 0 Å². The largest absolute Gasteiger partial charge is 0.224 e. The summed E-state index contributed by atoms with van der Waals surface area (Å²) in [6.45, 7) is 0. The Bertz CT molecular complexity index is 650. The Labute approximate surface area is 119 Å². The first-order chi connectivity index (χ1) is 9.13. The van der Waals surface area contributed by atoms with Crippen molar-refractivity contribution in [3.05, 3.63) is 42.5 Å². The SMILES string of the molecule is O=S(=O)(CCCCCCl)c1ccc2ccccc2c1. The Morgan fingerprint density at radius 3 is 2.37 bits per heavy atom. The van der Waals surface area contributed by atoms with E-state index in [0.717, 1.165) is 23.6 Å². The highest BCUT2D eigenvalue weighted by Gasteiger charge is 2.14. The second kappa shape index (κ2) is 6.40. The fraction of sp³-hybridized carbons (Fsp3) is 0.333. The van der Waals surface area contributed by atoms with Crippen LogP contribution in [0.2, 0.25) is 0 Å². The van der Waals surface area contributed by atoms with Gasteiger partial charge < -0.3 is 0 Å². The fourth-order valence-corrected chi connectivity index (χ4v) is 3.63. The van der Waals surface area contributed by atoms with E-state index in [1.54, 1.807) is 12.1 Å². The molecule has 0 aliphatic carbocycles. The third-order valence-electron chi connectivity index (χ3n) is 3.13. The molecule has 2 aromatic rings. The lowest BCUT2D eigenvalue weighted by molar-refractivity contribution is 0.591. The van der Waals surface area contributed by atoms with Crippen LogP contribution in [0.25, 0.3) is 10.8 Å². The van der Waals surface area contributed by atoms with Gasteiger partial charge in [0.15, 0.2) is 9.84 Å². The summed E-state index contributed by atoms with van der Waals surface area (Å²) in [5.41, 5.74) is 0. The maximum absolute atomic E-state index is 12.2. The standard InChI is InChI=1S/C15H17ClO2S/c16-10-4-1-5-11-19(17,18)15-9-8-13-6-2-3-7-14(13)12-15/h2-3,6-9,12H,1,4-5,10-11H2. The van der Waals surface area contributed by atoms with Crippen LogP contribution in [0.15, 0.2) is 47.4 Å². The van der Waals surface area contributed by atoms with E-state index in [1.807, 2.05) is 30.3 Å². The average Bonchev–Trinajstić information content (AvgIpc) is 2.43. The molecule has 2 nitrogen and oxygen atoms in total. The number of halogens is 1. The summed E-state index contributed by atoms with van der Waals surface area (Å²) in [5.74, 6) is 0.790. The van der Waals surface area contributed by atoms with E-state index in [0.29, 0.717) is 17.2 Å². The van der Waals surface area contributed by atoms with Gasteiger partial charge in [-0.25, -0.2) is 8.42 Å². The van der Waals surface area contributed by atoms with Gasteiger partial charge in [0.25, 0.3) is 0 Å². The molecule has 0 aliphatic heterocycles. The maximum atomic E-state index is 12.2. The monoisotopic (exact) mass is 296 g/mol. The molecule has 0 amide bonds. The summed E-state index contributed by atoms with van der Waals surface area (Å²) in [5, 5.41) is 2.02. The molecule has 102 valence electrons. The molecule has 0 radical (unpaired) electrons. The summed E-state index contributed by atoms with van der Waals surface area (Å²) in [6.07, 6.45) is 2.40. The summed E-state index contributed by atoms with van der Waals surface area (Å²) in [4.78, 5) is 0.414. The van der Waals surface area contributed by atoms with Crippen molar-refractivity contribution in [2.75, 3.05) is 11.6 Å². The van der Waals surface area contributed by atoms with Crippen molar-refractivity contribution in [2.45, 2.75) is 24.2 Å². The third kappa shape index (κ3) is 3.71. The molecule has 0 aromatic heterocycles. The first-order valence-electron chi connectivity index (χ1n) is 6.41. The summed E-state index contributed by atoms with van der Waals surface area (Å²) in [7, 11) is -3.18. The topological polar surface area (TPSA) is 34.1 Å². The quantitative estimate of drug-likeness (QED) is 0.596.